The van der Waals surface area contributed by atoms with Crippen LogP contribution in [0.2, 0.25) is 0 Å². The van der Waals surface area contributed by atoms with Crippen LogP contribution in [0.5, 0.6) is 11.5 Å². The number of halogens is 3. The second-order valence-corrected chi connectivity index (χ2v) is 6.73. The predicted molar refractivity (Wildman–Crippen MR) is 85.0 cm³/mol. The summed E-state index contributed by atoms with van der Waals surface area (Å²) in [5.41, 5.74) is 0.821. The van der Waals surface area contributed by atoms with Crippen LogP contribution in [-0.4, -0.2) is 28.4 Å². The van der Waals surface area contributed by atoms with Crippen molar-refractivity contribution in [3.05, 3.63) is 54.1 Å². The third kappa shape index (κ3) is 5.64. The third-order valence-corrected chi connectivity index (χ3v) is 4.70. The number of para-hydroxylation sites is 1. The predicted octanol–water partition coefficient (Wildman–Crippen LogP) is 3.11. The van der Waals surface area contributed by atoms with Gasteiger partial charge in [-0.3, -0.25) is 0 Å². The van der Waals surface area contributed by atoms with E-state index in [1.54, 1.807) is 24.3 Å². The maximum atomic E-state index is 12.4. The van der Waals surface area contributed by atoms with E-state index in [4.69, 9.17) is 4.74 Å². The van der Waals surface area contributed by atoms with Gasteiger partial charge in [0.15, 0.2) is 0 Å². The number of nitrogens with one attached hydrogen (secondary N) is 1. The maximum absolute atomic E-state index is 12.4. The van der Waals surface area contributed by atoms with Crippen LogP contribution in [0.4, 0.5) is 13.2 Å². The number of alkyl halides is 3. The average Bonchev–Trinajstić information content (AvgIpc) is 2.54. The summed E-state index contributed by atoms with van der Waals surface area (Å²) in [5.74, 6) is -0.145. The molecule has 5 nitrogen and oxygen atoms in total. The van der Waals surface area contributed by atoms with E-state index in [0.717, 1.165) is 17.7 Å². The average molecular weight is 375 g/mol. The highest BCUT2D eigenvalue weighted by Crippen LogP contribution is 2.29. The third-order valence-electron chi connectivity index (χ3n) is 3.20. The Morgan fingerprint density at radius 1 is 1.08 bits per heavy atom. The molecule has 0 aliphatic rings. The van der Waals surface area contributed by atoms with Gasteiger partial charge in [0.25, 0.3) is 0 Å². The highest BCUT2D eigenvalue weighted by atomic mass is 32.2. The van der Waals surface area contributed by atoms with Crippen LogP contribution in [0.3, 0.4) is 0 Å². The molecule has 0 bridgehead atoms. The first kappa shape index (κ1) is 19.1. The topological polar surface area (TPSA) is 64.6 Å². The van der Waals surface area contributed by atoms with Gasteiger partial charge in [0.1, 0.15) is 16.4 Å². The number of rotatable bonds is 7. The highest BCUT2D eigenvalue weighted by Gasteiger charge is 2.33. The van der Waals surface area contributed by atoms with E-state index in [1.165, 1.54) is 19.2 Å². The minimum atomic E-state index is -4.98. The minimum absolute atomic E-state index is 0.00977. The Balaban J connectivity index is 2.09. The molecule has 0 unspecified atom stereocenters. The second-order valence-electron chi connectivity index (χ2n) is 4.99. The van der Waals surface area contributed by atoms with Crippen LogP contribution >= 0.6 is 0 Å². The summed E-state index contributed by atoms with van der Waals surface area (Å²) in [4.78, 5) is -0.571. The van der Waals surface area contributed by atoms with Gasteiger partial charge in [-0.2, -0.15) is 0 Å². The lowest BCUT2D eigenvalue weighted by Crippen LogP contribution is -2.27. The summed E-state index contributed by atoms with van der Waals surface area (Å²) < 4.78 is 72.9. The van der Waals surface area contributed by atoms with E-state index in [2.05, 4.69) is 9.46 Å². The first-order valence-corrected chi connectivity index (χ1v) is 8.67. The van der Waals surface area contributed by atoms with Crippen molar-refractivity contribution in [2.45, 2.75) is 17.7 Å². The molecule has 0 heterocycles. The fourth-order valence-corrected chi connectivity index (χ4v) is 3.28. The summed E-state index contributed by atoms with van der Waals surface area (Å²) in [6.45, 7) is 0.00977. The van der Waals surface area contributed by atoms with Gasteiger partial charge in [0.2, 0.25) is 10.0 Å². The monoisotopic (exact) mass is 375 g/mol. The van der Waals surface area contributed by atoms with Crippen molar-refractivity contribution < 1.29 is 31.1 Å². The van der Waals surface area contributed by atoms with E-state index in [0.29, 0.717) is 12.2 Å². The molecule has 0 aliphatic heterocycles. The second kappa shape index (κ2) is 7.75. The molecule has 0 saturated carbocycles. The molecule has 0 amide bonds. The Kier molecular flexibility index (Phi) is 5.91. The van der Waals surface area contributed by atoms with Crippen LogP contribution in [-0.2, 0) is 16.4 Å². The molecule has 0 aliphatic carbocycles. The van der Waals surface area contributed by atoms with Gasteiger partial charge in [-0.1, -0.05) is 24.3 Å². The van der Waals surface area contributed by atoms with Gasteiger partial charge >= 0.3 is 6.36 Å². The molecular formula is C16H16F3NO4S. The van der Waals surface area contributed by atoms with Gasteiger partial charge in [0, 0.05) is 6.54 Å². The molecule has 2 rings (SSSR count). The lowest BCUT2D eigenvalue weighted by atomic mass is 10.1. The van der Waals surface area contributed by atoms with Crippen LogP contribution in [0.1, 0.15) is 5.56 Å². The summed E-state index contributed by atoms with van der Waals surface area (Å²) >= 11 is 0. The Hall–Kier alpha value is -2.26. The van der Waals surface area contributed by atoms with Crippen LogP contribution in [0.25, 0.3) is 0 Å². The molecule has 0 atom stereocenters. The molecule has 0 spiro atoms. The summed E-state index contributed by atoms with van der Waals surface area (Å²) in [5, 5.41) is 0. The molecule has 25 heavy (non-hydrogen) atoms. The smallest absolute Gasteiger partial charge is 0.497 e. The fraction of sp³-hybridized carbons (Fsp3) is 0.250. The number of hydrogen-bond acceptors (Lipinski definition) is 4. The first-order valence-electron chi connectivity index (χ1n) is 7.18. The molecule has 136 valence electrons. The zero-order chi connectivity index (χ0) is 18.5. The summed E-state index contributed by atoms with van der Waals surface area (Å²) in [6.07, 6.45) is -4.63. The van der Waals surface area contributed by atoms with Crippen molar-refractivity contribution >= 4 is 10.0 Å². The van der Waals surface area contributed by atoms with E-state index in [1.807, 2.05) is 0 Å². The molecular weight excluding hydrogens is 359 g/mol. The van der Waals surface area contributed by atoms with Crippen molar-refractivity contribution in [3.8, 4) is 11.5 Å². The maximum Gasteiger partial charge on any atom is 0.573 e. The van der Waals surface area contributed by atoms with Crippen molar-refractivity contribution in [1.82, 2.24) is 4.72 Å². The first-order chi connectivity index (χ1) is 11.7. The Morgan fingerprint density at radius 3 is 2.48 bits per heavy atom. The van der Waals surface area contributed by atoms with Gasteiger partial charge in [-0.25, -0.2) is 13.1 Å². The molecule has 0 fully saturated rings. The zero-order valence-corrected chi connectivity index (χ0v) is 14.0. The number of hydrogen-bond donors (Lipinski definition) is 1. The normalized spacial score (nSPS) is 12.0. The zero-order valence-electron chi connectivity index (χ0n) is 13.2. The Labute approximate surface area is 143 Å². The molecule has 0 radical (unpaired) electrons. The number of sulfonamides is 1. The van der Waals surface area contributed by atoms with E-state index < -0.39 is 27.0 Å². The highest BCUT2D eigenvalue weighted by molar-refractivity contribution is 7.89. The SMILES string of the molecule is COc1cccc(CCNS(=O)(=O)c2ccccc2OC(F)(F)F)c1. The van der Waals surface area contributed by atoms with Gasteiger partial charge in [-0.15, -0.1) is 13.2 Å². The van der Waals surface area contributed by atoms with E-state index >= 15 is 0 Å². The molecule has 2 aromatic rings. The minimum Gasteiger partial charge on any atom is -0.497 e. The Morgan fingerprint density at radius 2 is 1.80 bits per heavy atom. The van der Waals surface area contributed by atoms with Gasteiger partial charge in [-0.05, 0) is 36.2 Å². The van der Waals surface area contributed by atoms with Crippen LogP contribution in [0.15, 0.2) is 53.4 Å². The molecule has 9 heteroatoms. The summed E-state index contributed by atoms with van der Waals surface area (Å²) in [7, 11) is -2.64. The molecule has 0 aromatic heterocycles. The van der Waals surface area contributed by atoms with Crippen molar-refractivity contribution in [3.63, 3.8) is 0 Å². The fourth-order valence-electron chi connectivity index (χ4n) is 2.12. The van der Waals surface area contributed by atoms with Crippen molar-refractivity contribution in [2.24, 2.45) is 0 Å². The number of benzene rings is 2. The quantitative estimate of drug-likeness (QED) is 0.808. The molecule has 0 saturated heterocycles. The number of methoxy groups -OCH3 is 1. The lowest BCUT2D eigenvalue weighted by Gasteiger charge is -2.14. The standard InChI is InChI=1S/C16H16F3NO4S/c1-23-13-6-4-5-12(11-13)9-10-20-25(21,22)15-8-3-2-7-14(15)24-16(17,18)19/h2-8,11,20H,9-10H2,1H3. The number of ether oxygens (including phenoxy) is 2. The van der Waals surface area contributed by atoms with Crippen molar-refractivity contribution in [2.75, 3.05) is 13.7 Å². The van der Waals surface area contributed by atoms with Crippen LogP contribution in [0, 0.1) is 0 Å². The van der Waals surface area contributed by atoms with Gasteiger partial charge < -0.3 is 9.47 Å². The molecule has 1 N–H and O–H groups in total. The lowest BCUT2D eigenvalue weighted by molar-refractivity contribution is -0.275. The summed E-state index contributed by atoms with van der Waals surface area (Å²) in [6, 6.07) is 11.6. The molecule has 2 aromatic carbocycles. The van der Waals surface area contributed by atoms with Crippen molar-refractivity contribution in [1.29, 1.82) is 0 Å². The van der Waals surface area contributed by atoms with E-state index in [-0.39, 0.29) is 6.54 Å². The van der Waals surface area contributed by atoms with Crippen LogP contribution < -0.4 is 14.2 Å². The van der Waals surface area contributed by atoms with E-state index in [9.17, 15) is 21.6 Å². The largest absolute Gasteiger partial charge is 0.573 e. The van der Waals surface area contributed by atoms with Gasteiger partial charge in [0.05, 0.1) is 7.11 Å². The Bertz CT molecular complexity index is 822.